The first-order valence-corrected chi connectivity index (χ1v) is 6.31. The minimum absolute atomic E-state index is 0.0913. The van der Waals surface area contributed by atoms with E-state index < -0.39 is 0 Å². The fourth-order valence-corrected chi connectivity index (χ4v) is 1.99. The first-order chi connectivity index (χ1) is 8.49. The molecule has 0 aliphatic carbocycles. The molecule has 2 aromatic rings. The van der Waals surface area contributed by atoms with Crippen molar-refractivity contribution in [3.63, 3.8) is 0 Å². The third-order valence-corrected chi connectivity index (χ3v) is 3.21. The van der Waals surface area contributed by atoms with Crippen LogP contribution in [0, 0.1) is 12.8 Å². The van der Waals surface area contributed by atoms with E-state index in [1.54, 1.807) is 4.68 Å². The maximum atomic E-state index is 6.05. The smallest absolute Gasteiger partial charge is 0.100 e. The highest BCUT2D eigenvalue weighted by atomic mass is 35.5. The topological polar surface area (TPSA) is 56.7 Å². The molecule has 0 fully saturated rings. The summed E-state index contributed by atoms with van der Waals surface area (Å²) in [4.78, 5) is 0. The Morgan fingerprint density at radius 1 is 1.33 bits per heavy atom. The molecule has 1 heterocycles. The molecule has 0 saturated carbocycles. The largest absolute Gasteiger partial charge is 0.322 e. The van der Waals surface area contributed by atoms with Crippen LogP contribution in [-0.2, 0) is 0 Å². The molecule has 18 heavy (non-hydrogen) atoms. The Labute approximate surface area is 112 Å². The number of hydrogen-bond donors (Lipinski definition) is 1. The monoisotopic (exact) mass is 264 g/mol. The van der Waals surface area contributed by atoms with Gasteiger partial charge in [0.15, 0.2) is 0 Å². The van der Waals surface area contributed by atoms with Crippen molar-refractivity contribution in [3.8, 4) is 5.69 Å². The predicted octanol–water partition coefficient (Wildman–Crippen LogP) is 2.88. The van der Waals surface area contributed by atoms with Crippen molar-refractivity contribution < 1.29 is 0 Å². The average Bonchev–Trinajstić information content (AvgIpc) is 2.77. The highest BCUT2D eigenvalue weighted by Crippen LogP contribution is 2.21. The average molecular weight is 265 g/mol. The molecule has 1 atom stereocenters. The van der Waals surface area contributed by atoms with E-state index in [1.165, 1.54) is 0 Å². The normalized spacial score (nSPS) is 13.0. The van der Waals surface area contributed by atoms with E-state index in [2.05, 4.69) is 24.2 Å². The number of rotatable bonds is 3. The van der Waals surface area contributed by atoms with Gasteiger partial charge in [-0.05, 0) is 36.6 Å². The molecule has 2 N–H and O–H groups in total. The van der Waals surface area contributed by atoms with Crippen LogP contribution in [0.15, 0.2) is 24.4 Å². The number of nitrogens with zero attached hydrogens (tertiary/aromatic N) is 3. The maximum Gasteiger partial charge on any atom is 0.100 e. The zero-order valence-corrected chi connectivity index (χ0v) is 11.5. The summed E-state index contributed by atoms with van der Waals surface area (Å²) >= 11 is 5.94. The first-order valence-electron chi connectivity index (χ1n) is 5.93. The molecule has 0 spiro atoms. The second kappa shape index (κ2) is 5.08. The molecule has 1 aromatic carbocycles. The second-order valence-corrected chi connectivity index (χ2v) is 5.23. The number of aromatic nitrogens is 3. The molecule has 0 radical (unpaired) electrons. The van der Waals surface area contributed by atoms with Gasteiger partial charge in [0.05, 0.1) is 17.9 Å². The van der Waals surface area contributed by atoms with Gasteiger partial charge < -0.3 is 5.73 Å². The van der Waals surface area contributed by atoms with Crippen LogP contribution in [0.2, 0.25) is 5.02 Å². The molecule has 0 aliphatic heterocycles. The Morgan fingerprint density at radius 3 is 2.67 bits per heavy atom. The predicted molar refractivity (Wildman–Crippen MR) is 72.9 cm³/mol. The zero-order valence-electron chi connectivity index (χ0n) is 10.8. The van der Waals surface area contributed by atoms with Crippen LogP contribution in [0.3, 0.4) is 0 Å². The van der Waals surface area contributed by atoms with Gasteiger partial charge in [-0.1, -0.05) is 30.7 Å². The Bertz CT molecular complexity index is 548. The van der Waals surface area contributed by atoms with Crippen molar-refractivity contribution >= 4 is 11.6 Å². The molecular weight excluding hydrogens is 248 g/mol. The minimum Gasteiger partial charge on any atom is -0.322 e. The maximum absolute atomic E-state index is 6.05. The second-order valence-electron chi connectivity index (χ2n) is 4.79. The number of hydrogen-bond acceptors (Lipinski definition) is 3. The van der Waals surface area contributed by atoms with Gasteiger partial charge in [0, 0.05) is 5.02 Å². The van der Waals surface area contributed by atoms with Crippen LogP contribution in [0.5, 0.6) is 0 Å². The summed E-state index contributed by atoms with van der Waals surface area (Å²) in [5.41, 5.74) is 8.88. The van der Waals surface area contributed by atoms with E-state index >= 15 is 0 Å². The summed E-state index contributed by atoms with van der Waals surface area (Å²) in [5.74, 6) is 0.335. The van der Waals surface area contributed by atoms with Crippen LogP contribution in [0.4, 0.5) is 0 Å². The minimum atomic E-state index is -0.0913. The van der Waals surface area contributed by atoms with E-state index in [0.717, 1.165) is 22.0 Å². The summed E-state index contributed by atoms with van der Waals surface area (Å²) in [5, 5.41) is 8.97. The quantitative estimate of drug-likeness (QED) is 0.927. The fraction of sp³-hybridized carbons (Fsp3) is 0.385. The fourth-order valence-electron chi connectivity index (χ4n) is 1.76. The van der Waals surface area contributed by atoms with E-state index in [4.69, 9.17) is 17.3 Å². The third kappa shape index (κ3) is 2.54. The third-order valence-electron chi connectivity index (χ3n) is 2.98. The Hall–Kier alpha value is -1.39. The van der Waals surface area contributed by atoms with Crippen molar-refractivity contribution in [1.29, 1.82) is 0 Å². The van der Waals surface area contributed by atoms with Crippen molar-refractivity contribution in [3.05, 3.63) is 40.7 Å². The van der Waals surface area contributed by atoms with Crippen molar-refractivity contribution in [2.45, 2.75) is 26.8 Å². The summed E-state index contributed by atoms with van der Waals surface area (Å²) in [6.45, 7) is 6.12. The van der Waals surface area contributed by atoms with Gasteiger partial charge in [0.2, 0.25) is 0 Å². The lowest BCUT2D eigenvalue weighted by Crippen LogP contribution is -2.17. The Kier molecular flexibility index (Phi) is 3.68. The van der Waals surface area contributed by atoms with Crippen molar-refractivity contribution in [1.82, 2.24) is 15.0 Å². The number of aryl methyl sites for hydroxylation is 1. The lowest BCUT2D eigenvalue weighted by atomic mass is 10.0. The number of halogens is 1. The molecule has 0 bridgehead atoms. The summed E-state index contributed by atoms with van der Waals surface area (Å²) in [6, 6.07) is 5.58. The first kappa shape index (κ1) is 13.1. The van der Waals surface area contributed by atoms with Gasteiger partial charge in [0.1, 0.15) is 5.69 Å². The summed E-state index contributed by atoms with van der Waals surface area (Å²) in [6.07, 6.45) is 1.88. The van der Waals surface area contributed by atoms with Crippen LogP contribution in [0.25, 0.3) is 5.69 Å². The molecule has 0 saturated heterocycles. The summed E-state index contributed by atoms with van der Waals surface area (Å²) in [7, 11) is 0. The molecule has 1 unspecified atom stereocenters. The van der Waals surface area contributed by atoms with E-state index in [1.807, 2.05) is 31.3 Å². The highest BCUT2D eigenvalue weighted by Gasteiger charge is 2.15. The molecule has 5 heteroatoms. The van der Waals surface area contributed by atoms with E-state index in [9.17, 15) is 0 Å². The van der Waals surface area contributed by atoms with Gasteiger partial charge in [-0.25, -0.2) is 4.68 Å². The Balaban J connectivity index is 2.35. The summed E-state index contributed by atoms with van der Waals surface area (Å²) < 4.78 is 1.74. The lowest BCUT2D eigenvalue weighted by Gasteiger charge is -2.11. The molecule has 1 aromatic heterocycles. The lowest BCUT2D eigenvalue weighted by molar-refractivity contribution is 0.502. The molecule has 96 valence electrons. The number of benzene rings is 1. The zero-order chi connectivity index (χ0) is 13.3. The molecular formula is C13H17ClN4. The van der Waals surface area contributed by atoms with Gasteiger partial charge in [0.25, 0.3) is 0 Å². The number of nitrogens with two attached hydrogens (primary N) is 1. The van der Waals surface area contributed by atoms with Crippen LogP contribution in [0.1, 0.15) is 31.1 Å². The van der Waals surface area contributed by atoms with Crippen LogP contribution < -0.4 is 5.73 Å². The van der Waals surface area contributed by atoms with Crippen molar-refractivity contribution in [2.75, 3.05) is 0 Å². The molecule has 0 aliphatic rings. The van der Waals surface area contributed by atoms with Gasteiger partial charge >= 0.3 is 0 Å². The van der Waals surface area contributed by atoms with Gasteiger partial charge in [-0.2, -0.15) is 0 Å². The molecule has 0 amide bonds. The van der Waals surface area contributed by atoms with E-state index in [-0.39, 0.29) is 6.04 Å². The highest BCUT2D eigenvalue weighted by molar-refractivity contribution is 6.30. The van der Waals surface area contributed by atoms with Crippen LogP contribution >= 0.6 is 11.6 Å². The Morgan fingerprint density at radius 2 is 2.06 bits per heavy atom. The molecule has 2 rings (SSSR count). The van der Waals surface area contributed by atoms with Gasteiger partial charge in [-0.3, -0.25) is 0 Å². The molecule has 4 nitrogen and oxygen atoms in total. The van der Waals surface area contributed by atoms with Gasteiger partial charge in [-0.15, -0.1) is 5.10 Å². The van der Waals surface area contributed by atoms with E-state index in [0.29, 0.717) is 5.92 Å². The standard InChI is InChI=1S/C13H17ClN4/c1-8(2)13(15)11-7-18(17-16-11)12-5-4-10(14)6-9(12)3/h4-8,13H,15H2,1-3H3. The SMILES string of the molecule is Cc1cc(Cl)ccc1-n1cc(C(N)C(C)C)nn1. The van der Waals surface area contributed by atoms with Crippen molar-refractivity contribution in [2.24, 2.45) is 11.7 Å². The van der Waals surface area contributed by atoms with Crippen LogP contribution in [-0.4, -0.2) is 15.0 Å².